The highest BCUT2D eigenvalue weighted by molar-refractivity contribution is 5.40. The molecule has 0 unspecified atom stereocenters. The molecule has 0 N–H and O–H groups in total. The minimum atomic E-state index is 0.559. The number of aryl methyl sites for hydroxylation is 1. The highest BCUT2D eigenvalue weighted by atomic mass is 14.5. The first-order chi connectivity index (χ1) is 6.30. The average Bonchev–Trinajstić information content (AvgIpc) is 2.41. The average molecular weight is 159 g/mol. The van der Waals surface area contributed by atoms with Crippen molar-refractivity contribution in [2.24, 2.45) is 0 Å². The molecular weight excluding hydrogens is 144 g/mol. The van der Waals surface area contributed by atoms with Gasteiger partial charge in [-0.2, -0.15) is 0 Å². The molecule has 0 saturated heterocycles. The summed E-state index contributed by atoms with van der Waals surface area (Å²) in [5, 5.41) is 0. The van der Waals surface area contributed by atoms with Gasteiger partial charge >= 0.3 is 0 Å². The highest BCUT2D eigenvalue weighted by Gasteiger charge is 2.42. The van der Waals surface area contributed by atoms with Crippen LogP contribution in [0.25, 0.3) is 0 Å². The van der Waals surface area contributed by atoms with Crippen LogP contribution in [0.1, 0.15) is 38.2 Å². The summed E-state index contributed by atoms with van der Waals surface area (Å²) in [5.74, 6) is 0. The molecular formula is C12H14. The maximum atomic E-state index is 7.57. The first kappa shape index (κ1) is 5.80. The largest absolute Gasteiger partial charge is 0.0623 e. The summed E-state index contributed by atoms with van der Waals surface area (Å²) >= 11 is 0. The Kier molecular flexibility index (Phi) is 1.03. The molecule has 1 spiro atoms. The standard InChI is InChI=1S/C12H14/c1-2-5-11-10(4-1)6-9-12(11)7-3-8-12/h1-2,4-5H,3,6-9H2/i1D. The van der Waals surface area contributed by atoms with Crippen LogP contribution < -0.4 is 0 Å². The summed E-state index contributed by atoms with van der Waals surface area (Å²) in [4.78, 5) is 0. The second kappa shape index (κ2) is 2.12. The molecule has 1 fully saturated rings. The van der Waals surface area contributed by atoms with Crippen LogP contribution in [0.2, 0.25) is 0 Å². The highest BCUT2D eigenvalue weighted by Crippen LogP contribution is 2.52. The Morgan fingerprint density at radius 3 is 2.92 bits per heavy atom. The van der Waals surface area contributed by atoms with Gasteiger partial charge in [0.15, 0.2) is 0 Å². The maximum absolute atomic E-state index is 7.57. The summed E-state index contributed by atoms with van der Waals surface area (Å²) in [6, 6.07) is 6.88. The van der Waals surface area contributed by atoms with Crippen molar-refractivity contribution in [3.8, 4) is 0 Å². The number of fused-ring (bicyclic) bond motifs is 2. The SMILES string of the molecule is [2H]c1ccc2c(c1)CCC21CCC1. The molecule has 62 valence electrons. The lowest BCUT2D eigenvalue weighted by Crippen LogP contribution is -2.31. The molecule has 0 radical (unpaired) electrons. The molecule has 2 aliphatic rings. The van der Waals surface area contributed by atoms with E-state index < -0.39 is 0 Å². The predicted octanol–water partition coefficient (Wildman–Crippen LogP) is 3.05. The zero-order valence-electron chi connectivity index (χ0n) is 8.27. The summed E-state index contributed by atoms with van der Waals surface area (Å²) in [7, 11) is 0. The zero-order valence-corrected chi connectivity index (χ0v) is 7.27. The van der Waals surface area contributed by atoms with Crippen LogP contribution in [0.15, 0.2) is 24.2 Å². The molecule has 0 atom stereocenters. The van der Waals surface area contributed by atoms with Gasteiger partial charge in [-0.05, 0) is 42.2 Å². The van der Waals surface area contributed by atoms with Crippen LogP contribution >= 0.6 is 0 Å². The first-order valence-corrected chi connectivity index (χ1v) is 4.90. The third-order valence-electron chi connectivity index (χ3n) is 3.70. The molecule has 2 aliphatic carbocycles. The van der Waals surface area contributed by atoms with Gasteiger partial charge in [0.25, 0.3) is 0 Å². The van der Waals surface area contributed by atoms with Crippen LogP contribution in [0, 0.1) is 0 Å². The van der Waals surface area contributed by atoms with Crippen LogP contribution in [-0.4, -0.2) is 0 Å². The summed E-state index contributed by atoms with van der Waals surface area (Å²) in [6.07, 6.45) is 6.73. The van der Waals surface area contributed by atoms with Crippen molar-refractivity contribution in [3.05, 3.63) is 35.4 Å². The first-order valence-electron chi connectivity index (χ1n) is 5.40. The molecule has 1 saturated carbocycles. The molecule has 0 aromatic heterocycles. The lowest BCUT2D eigenvalue weighted by molar-refractivity contribution is 0.244. The lowest BCUT2D eigenvalue weighted by atomic mass is 9.65. The van der Waals surface area contributed by atoms with E-state index in [1.807, 2.05) is 6.07 Å². The number of hydrogen-bond donors (Lipinski definition) is 0. The van der Waals surface area contributed by atoms with Crippen LogP contribution in [0.4, 0.5) is 0 Å². The summed E-state index contributed by atoms with van der Waals surface area (Å²) in [6.45, 7) is 0. The molecule has 0 heterocycles. The van der Waals surface area contributed by atoms with Gasteiger partial charge in [0.05, 0.1) is 1.37 Å². The Labute approximate surface area is 75.0 Å². The molecule has 3 rings (SSSR count). The number of rotatable bonds is 0. The number of benzene rings is 1. The van der Waals surface area contributed by atoms with Crippen LogP contribution in [-0.2, 0) is 11.8 Å². The van der Waals surface area contributed by atoms with Gasteiger partial charge in [-0.3, -0.25) is 0 Å². The molecule has 1 aromatic carbocycles. The van der Waals surface area contributed by atoms with E-state index >= 15 is 0 Å². The van der Waals surface area contributed by atoms with Gasteiger partial charge in [-0.15, -0.1) is 0 Å². The molecule has 0 bridgehead atoms. The lowest BCUT2D eigenvalue weighted by Gasteiger charge is -2.39. The topological polar surface area (TPSA) is 0 Å². The van der Waals surface area contributed by atoms with Crippen LogP contribution in [0.3, 0.4) is 0 Å². The molecule has 0 amide bonds. The molecule has 0 nitrogen and oxygen atoms in total. The van der Waals surface area contributed by atoms with E-state index in [9.17, 15) is 0 Å². The molecule has 0 aliphatic heterocycles. The minimum Gasteiger partial charge on any atom is -0.0620 e. The third kappa shape index (κ3) is 0.682. The van der Waals surface area contributed by atoms with Crippen LogP contribution in [0.5, 0.6) is 0 Å². The summed E-state index contributed by atoms with van der Waals surface area (Å²) in [5.41, 5.74) is 3.57. The Bertz CT molecular complexity index is 350. The van der Waals surface area contributed by atoms with E-state index in [0.717, 1.165) is 0 Å². The number of hydrogen-bond acceptors (Lipinski definition) is 0. The van der Waals surface area contributed by atoms with E-state index in [4.69, 9.17) is 1.37 Å². The Balaban J connectivity index is 2.11. The van der Waals surface area contributed by atoms with Gasteiger partial charge in [-0.1, -0.05) is 30.7 Å². The van der Waals surface area contributed by atoms with Crippen molar-refractivity contribution in [2.45, 2.75) is 37.5 Å². The van der Waals surface area contributed by atoms with Crippen molar-refractivity contribution in [1.29, 1.82) is 0 Å². The van der Waals surface area contributed by atoms with Crippen molar-refractivity contribution in [3.63, 3.8) is 0 Å². The van der Waals surface area contributed by atoms with Gasteiger partial charge in [0.2, 0.25) is 0 Å². The Hall–Kier alpha value is -0.780. The van der Waals surface area contributed by atoms with Crippen molar-refractivity contribution < 1.29 is 1.37 Å². The van der Waals surface area contributed by atoms with E-state index in [1.165, 1.54) is 37.7 Å². The predicted molar refractivity (Wildman–Crippen MR) is 50.3 cm³/mol. The second-order valence-corrected chi connectivity index (χ2v) is 4.22. The van der Waals surface area contributed by atoms with E-state index in [0.29, 0.717) is 11.5 Å². The van der Waals surface area contributed by atoms with Gasteiger partial charge in [0.1, 0.15) is 0 Å². The van der Waals surface area contributed by atoms with Crippen molar-refractivity contribution in [2.75, 3.05) is 0 Å². The maximum Gasteiger partial charge on any atom is 0.0623 e. The van der Waals surface area contributed by atoms with E-state index in [1.54, 1.807) is 5.56 Å². The fraction of sp³-hybridized carbons (Fsp3) is 0.500. The van der Waals surface area contributed by atoms with E-state index in [2.05, 4.69) is 12.1 Å². The normalized spacial score (nSPS) is 24.8. The monoisotopic (exact) mass is 159 g/mol. The van der Waals surface area contributed by atoms with Crippen molar-refractivity contribution >= 4 is 0 Å². The van der Waals surface area contributed by atoms with Gasteiger partial charge < -0.3 is 0 Å². The fourth-order valence-corrected chi connectivity index (χ4v) is 2.82. The minimum absolute atomic E-state index is 0.559. The van der Waals surface area contributed by atoms with Gasteiger partial charge in [-0.25, -0.2) is 0 Å². The second-order valence-electron chi connectivity index (χ2n) is 4.22. The van der Waals surface area contributed by atoms with Crippen molar-refractivity contribution in [1.82, 2.24) is 0 Å². The fourth-order valence-electron chi connectivity index (χ4n) is 2.82. The molecule has 0 heteroatoms. The Morgan fingerprint density at radius 1 is 1.25 bits per heavy atom. The summed E-state index contributed by atoms with van der Waals surface area (Å²) < 4.78 is 7.57. The third-order valence-corrected chi connectivity index (χ3v) is 3.70. The van der Waals surface area contributed by atoms with Gasteiger partial charge in [0, 0.05) is 0 Å². The Morgan fingerprint density at radius 2 is 2.17 bits per heavy atom. The zero-order chi connectivity index (χ0) is 8.89. The quantitative estimate of drug-likeness (QED) is 0.545. The van der Waals surface area contributed by atoms with E-state index in [-0.39, 0.29) is 0 Å². The smallest absolute Gasteiger partial charge is 0.0620 e. The molecule has 12 heavy (non-hydrogen) atoms. The molecule has 1 aromatic rings.